The highest BCUT2D eigenvalue weighted by Crippen LogP contribution is 2.22. The molecule has 0 spiro atoms. The predicted molar refractivity (Wildman–Crippen MR) is 49.1 cm³/mol. The zero-order valence-electron chi connectivity index (χ0n) is 6.46. The molecule has 0 heterocycles. The van der Waals surface area contributed by atoms with Crippen LogP contribution in [0.25, 0.3) is 0 Å². The summed E-state index contributed by atoms with van der Waals surface area (Å²) in [5.41, 5.74) is 0.716. The largest absolute Gasteiger partial charge is 0.374 e. The molecule has 3 nitrogen and oxygen atoms in total. The van der Waals surface area contributed by atoms with Crippen molar-refractivity contribution in [3.63, 3.8) is 0 Å². The lowest BCUT2D eigenvalue weighted by Crippen LogP contribution is -2.03. The normalized spacial score (nSPS) is 9.77. The van der Waals surface area contributed by atoms with Gasteiger partial charge in [0.25, 0.3) is 0 Å². The van der Waals surface area contributed by atoms with Gasteiger partial charge in [-0.1, -0.05) is 23.7 Å². The molecule has 13 heavy (non-hydrogen) atoms. The van der Waals surface area contributed by atoms with Gasteiger partial charge in [-0.3, -0.25) is 4.89 Å². The van der Waals surface area contributed by atoms with Gasteiger partial charge in [0.1, 0.15) is 0 Å². The van der Waals surface area contributed by atoms with Crippen LogP contribution in [-0.2, 0) is 10.8 Å². The van der Waals surface area contributed by atoms with Gasteiger partial charge in [-0.2, -0.15) is 5.26 Å². The van der Waals surface area contributed by atoms with Crippen LogP contribution in [0, 0.1) is 0 Å². The summed E-state index contributed by atoms with van der Waals surface area (Å²) < 4.78 is 0. The van der Waals surface area contributed by atoms with Gasteiger partial charge >= 0.3 is 5.97 Å². The Kier molecular flexibility index (Phi) is 3.54. The number of halogens is 2. The van der Waals surface area contributed by atoms with E-state index in [1.54, 1.807) is 12.1 Å². The second kappa shape index (κ2) is 4.46. The highest BCUT2D eigenvalue weighted by molar-refractivity contribution is 6.35. The summed E-state index contributed by atoms with van der Waals surface area (Å²) in [6.45, 7) is 0. The molecule has 0 aliphatic carbocycles. The number of alkyl halides is 1. The molecular formula is C8H6Cl2O3. The van der Waals surface area contributed by atoms with Crippen molar-refractivity contribution in [1.82, 2.24) is 0 Å². The SMILES string of the molecule is O=C(OO)c1cccc(CCl)c1Cl. The minimum atomic E-state index is -0.892. The summed E-state index contributed by atoms with van der Waals surface area (Å²) in [4.78, 5) is 14.5. The lowest BCUT2D eigenvalue weighted by atomic mass is 10.1. The number of carbonyl (C=O) groups excluding carboxylic acids is 1. The van der Waals surface area contributed by atoms with Crippen LogP contribution >= 0.6 is 23.2 Å². The highest BCUT2D eigenvalue weighted by atomic mass is 35.5. The molecule has 1 aromatic carbocycles. The standard InChI is InChI=1S/C8H6Cl2O3/c9-4-5-2-1-3-6(7(5)10)8(11)13-12/h1-3,12H,4H2. The topological polar surface area (TPSA) is 46.5 Å². The maximum Gasteiger partial charge on any atom is 0.374 e. The van der Waals surface area contributed by atoms with Gasteiger partial charge in [-0.25, -0.2) is 4.79 Å². The van der Waals surface area contributed by atoms with E-state index in [2.05, 4.69) is 4.89 Å². The molecule has 1 rings (SSSR count). The van der Waals surface area contributed by atoms with Gasteiger partial charge in [-0.05, 0) is 11.6 Å². The Bertz CT molecular complexity index is 325. The summed E-state index contributed by atoms with van der Waals surface area (Å²) in [6, 6.07) is 4.73. The maximum atomic E-state index is 10.9. The lowest BCUT2D eigenvalue weighted by molar-refractivity contribution is -0.182. The first kappa shape index (κ1) is 10.3. The van der Waals surface area contributed by atoms with Gasteiger partial charge in [0, 0.05) is 5.88 Å². The van der Waals surface area contributed by atoms with Crippen molar-refractivity contribution in [2.45, 2.75) is 5.88 Å². The third-order valence-corrected chi connectivity index (χ3v) is 2.26. The number of hydrogen-bond donors (Lipinski definition) is 1. The number of rotatable bonds is 2. The molecule has 0 bridgehead atoms. The molecule has 0 radical (unpaired) electrons. The van der Waals surface area contributed by atoms with Gasteiger partial charge < -0.3 is 0 Å². The first-order valence-corrected chi connectivity index (χ1v) is 4.31. The molecule has 0 saturated carbocycles. The van der Waals surface area contributed by atoms with E-state index in [0.29, 0.717) is 5.56 Å². The molecule has 0 fully saturated rings. The average Bonchev–Trinajstić information content (AvgIpc) is 2.17. The van der Waals surface area contributed by atoms with Crippen LogP contribution in [0.1, 0.15) is 15.9 Å². The lowest BCUT2D eigenvalue weighted by Gasteiger charge is -2.03. The highest BCUT2D eigenvalue weighted by Gasteiger charge is 2.13. The average molecular weight is 221 g/mol. The zero-order valence-corrected chi connectivity index (χ0v) is 7.97. The van der Waals surface area contributed by atoms with Crippen LogP contribution in [0.15, 0.2) is 18.2 Å². The first-order valence-electron chi connectivity index (χ1n) is 3.39. The summed E-state index contributed by atoms with van der Waals surface area (Å²) in [6.07, 6.45) is 0. The predicted octanol–water partition coefficient (Wildman–Crippen LogP) is 2.71. The Morgan fingerprint density at radius 1 is 1.54 bits per heavy atom. The molecule has 0 atom stereocenters. The van der Waals surface area contributed by atoms with Crippen molar-refractivity contribution in [2.24, 2.45) is 0 Å². The Hall–Kier alpha value is -0.770. The van der Waals surface area contributed by atoms with Gasteiger partial charge in [0.2, 0.25) is 0 Å². The Morgan fingerprint density at radius 2 is 2.23 bits per heavy atom. The zero-order chi connectivity index (χ0) is 9.84. The summed E-state index contributed by atoms with van der Waals surface area (Å²) in [5, 5.41) is 8.34. The van der Waals surface area contributed by atoms with Crippen LogP contribution in [0.4, 0.5) is 0 Å². The molecular weight excluding hydrogens is 215 g/mol. The van der Waals surface area contributed by atoms with E-state index in [1.165, 1.54) is 6.07 Å². The summed E-state index contributed by atoms with van der Waals surface area (Å²) in [7, 11) is 0. The minimum absolute atomic E-state index is 0.0994. The van der Waals surface area contributed by atoms with Gasteiger partial charge in [0.15, 0.2) is 0 Å². The molecule has 1 aromatic rings. The van der Waals surface area contributed by atoms with Crippen LogP contribution in [0.2, 0.25) is 5.02 Å². The fourth-order valence-electron chi connectivity index (χ4n) is 0.890. The molecule has 0 saturated heterocycles. The van der Waals surface area contributed by atoms with E-state index in [-0.39, 0.29) is 16.5 Å². The van der Waals surface area contributed by atoms with Crippen molar-refractivity contribution in [3.8, 4) is 0 Å². The molecule has 0 aliphatic heterocycles. The number of benzene rings is 1. The molecule has 0 aromatic heterocycles. The molecule has 0 unspecified atom stereocenters. The van der Waals surface area contributed by atoms with E-state index in [4.69, 9.17) is 28.5 Å². The van der Waals surface area contributed by atoms with Crippen LogP contribution in [0.3, 0.4) is 0 Å². The van der Waals surface area contributed by atoms with Crippen molar-refractivity contribution in [3.05, 3.63) is 34.3 Å². The van der Waals surface area contributed by atoms with Crippen molar-refractivity contribution >= 4 is 29.2 Å². The summed E-state index contributed by atoms with van der Waals surface area (Å²) >= 11 is 11.3. The van der Waals surface area contributed by atoms with Crippen LogP contribution < -0.4 is 0 Å². The third-order valence-electron chi connectivity index (χ3n) is 1.53. The molecule has 1 N–H and O–H groups in total. The fraction of sp³-hybridized carbons (Fsp3) is 0.125. The van der Waals surface area contributed by atoms with Gasteiger partial charge in [-0.15, -0.1) is 11.6 Å². The van der Waals surface area contributed by atoms with Crippen molar-refractivity contribution < 1.29 is 14.9 Å². The second-order valence-electron chi connectivity index (χ2n) is 2.29. The summed E-state index contributed by atoms with van der Waals surface area (Å²) in [5.74, 6) is -0.692. The second-order valence-corrected chi connectivity index (χ2v) is 2.94. The quantitative estimate of drug-likeness (QED) is 0.474. The third kappa shape index (κ3) is 2.12. The van der Waals surface area contributed by atoms with Crippen LogP contribution in [-0.4, -0.2) is 11.2 Å². The van der Waals surface area contributed by atoms with E-state index in [0.717, 1.165) is 0 Å². The van der Waals surface area contributed by atoms with E-state index in [9.17, 15) is 4.79 Å². The van der Waals surface area contributed by atoms with E-state index < -0.39 is 5.97 Å². The maximum absolute atomic E-state index is 10.9. The molecule has 70 valence electrons. The van der Waals surface area contributed by atoms with Crippen LogP contribution in [0.5, 0.6) is 0 Å². The van der Waals surface area contributed by atoms with Crippen molar-refractivity contribution in [2.75, 3.05) is 0 Å². The smallest absolute Gasteiger partial charge is 0.295 e. The van der Waals surface area contributed by atoms with Gasteiger partial charge in [0.05, 0.1) is 10.6 Å². The Labute approximate surface area is 84.8 Å². The van der Waals surface area contributed by atoms with Crippen molar-refractivity contribution in [1.29, 1.82) is 0 Å². The van der Waals surface area contributed by atoms with E-state index in [1.807, 2.05) is 0 Å². The first-order chi connectivity index (χ1) is 6.20. The number of carbonyl (C=O) groups is 1. The Balaban J connectivity index is 3.15. The Morgan fingerprint density at radius 3 is 2.77 bits per heavy atom. The molecule has 0 amide bonds. The number of hydrogen-bond acceptors (Lipinski definition) is 3. The van der Waals surface area contributed by atoms with E-state index >= 15 is 0 Å². The monoisotopic (exact) mass is 220 g/mol. The minimum Gasteiger partial charge on any atom is -0.295 e. The fourth-order valence-corrected chi connectivity index (χ4v) is 1.45. The molecule has 5 heteroatoms. The molecule has 0 aliphatic rings.